The van der Waals surface area contributed by atoms with Gasteiger partial charge in [0, 0.05) is 25.7 Å². The lowest BCUT2D eigenvalue weighted by atomic mass is 9.87. The van der Waals surface area contributed by atoms with Crippen LogP contribution in [0.5, 0.6) is 0 Å². The molecule has 9 heteroatoms. The molecule has 0 atom stereocenters. The van der Waals surface area contributed by atoms with Crippen molar-refractivity contribution < 1.29 is 23.2 Å². The molecule has 162 valence electrons. The summed E-state index contributed by atoms with van der Waals surface area (Å²) >= 11 is 0. The summed E-state index contributed by atoms with van der Waals surface area (Å²) in [5.41, 5.74) is -0.0694. The van der Waals surface area contributed by atoms with Gasteiger partial charge in [-0.2, -0.15) is 0 Å². The van der Waals surface area contributed by atoms with Gasteiger partial charge in [-0.1, -0.05) is 30.3 Å². The van der Waals surface area contributed by atoms with Crippen LogP contribution in [0, 0.1) is 11.6 Å². The van der Waals surface area contributed by atoms with Gasteiger partial charge >= 0.3 is 6.03 Å². The molecule has 2 heterocycles. The minimum absolute atomic E-state index is 0.220. The molecule has 4 rings (SSSR count). The van der Waals surface area contributed by atoms with E-state index in [-0.39, 0.29) is 5.69 Å². The van der Waals surface area contributed by atoms with Gasteiger partial charge in [-0.15, -0.1) is 0 Å². The van der Waals surface area contributed by atoms with E-state index in [0.29, 0.717) is 32.0 Å². The molecule has 0 saturated carbocycles. The number of hydrogen-bond donors (Lipinski definition) is 2. The second kappa shape index (κ2) is 8.43. The summed E-state index contributed by atoms with van der Waals surface area (Å²) < 4.78 is 26.7. The molecule has 31 heavy (non-hydrogen) atoms. The summed E-state index contributed by atoms with van der Waals surface area (Å²) in [5, 5.41) is 5.02. The van der Waals surface area contributed by atoms with Crippen molar-refractivity contribution >= 4 is 23.5 Å². The number of imide groups is 1. The number of carbonyl (C=O) groups is 3. The highest BCUT2D eigenvalue weighted by Crippen LogP contribution is 2.30. The van der Waals surface area contributed by atoms with Crippen molar-refractivity contribution in [1.29, 1.82) is 0 Å². The van der Waals surface area contributed by atoms with E-state index >= 15 is 0 Å². The largest absolute Gasteiger partial charge is 0.325 e. The first-order valence-corrected chi connectivity index (χ1v) is 10.0. The van der Waals surface area contributed by atoms with Crippen LogP contribution >= 0.6 is 0 Å². The lowest BCUT2D eigenvalue weighted by Crippen LogP contribution is -2.54. The van der Waals surface area contributed by atoms with Gasteiger partial charge in [0.1, 0.15) is 23.7 Å². The first-order chi connectivity index (χ1) is 14.9. The maximum Gasteiger partial charge on any atom is 0.325 e. The summed E-state index contributed by atoms with van der Waals surface area (Å²) in [6.45, 7) is 1.47. The van der Waals surface area contributed by atoms with Gasteiger partial charge in [0.05, 0.1) is 5.69 Å². The summed E-state index contributed by atoms with van der Waals surface area (Å²) in [7, 11) is 0. The predicted octanol–water partition coefficient (Wildman–Crippen LogP) is 2.49. The number of piperidine rings is 1. The third kappa shape index (κ3) is 4.41. The molecule has 0 aliphatic carbocycles. The van der Waals surface area contributed by atoms with Gasteiger partial charge in [0.25, 0.3) is 5.91 Å². The average molecular weight is 428 g/mol. The highest BCUT2D eigenvalue weighted by molar-refractivity contribution is 6.10. The van der Waals surface area contributed by atoms with Gasteiger partial charge in [0.15, 0.2) is 0 Å². The van der Waals surface area contributed by atoms with Crippen molar-refractivity contribution in [1.82, 2.24) is 15.1 Å². The lowest BCUT2D eigenvalue weighted by Gasteiger charge is -2.37. The minimum Gasteiger partial charge on any atom is -0.323 e. The highest BCUT2D eigenvalue weighted by Gasteiger charge is 2.52. The molecule has 2 fully saturated rings. The molecule has 0 bridgehead atoms. The fourth-order valence-electron chi connectivity index (χ4n) is 4.02. The number of likely N-dealkylation sites (tertiary alicyclic amines) is 1. The third-order valence-electron chi connectivity index (χ3n) is 5.71. The van der Waals surface area contributed by atoms with Crippen molar-refractivity contribution in [2.45, 2.75) is 24.9 Å². The van der Waals surface area contributed by atoms with Crippen LogP contribution in [0.15, 0.2) is 48.5 Å². The van der Waals surface area contributed by atoms with E-state index in [1.807, 2.05) is 30.3 Å². The Hall–Kier alpha value is -3.33. The van der Waals surface area contributed by atoms with Crippen LogP contribution in [0.25, 0.3) is 0 Å². The topological polar surface area (TPSA) is 81.8 Å². The Labute approximate surface area is 178 Å². The van der Waals surface area contributed by atoms with Gasteiger partial charge in [-0.3, -0.25) is 19.4 Å². The lowest BCUT2D eigenvalue weighted by molar-refractivity contribution is -0.135. The van der Waals surface area contributed by atoms with E-state index in [1.165, 1.54) is 5.56 Å². The first kappa shape index (κ1) is 20.9. The van der Waals surface area contributed by atoms with Crippen LogP contribution in [0.1, 0.15) is 18.4 Å². The Balaban J connectivity index is 1.36. The maximum atomic E-state index is 13.7. The zero-order valence-corrected chi connectivity index (χ0v) is 16.7. The second-order valence-electron chi connectivity index (χ2n) is 7.84. The van der Waals surface area contributed by atoms with Crippen LogP contribution in [0.3, 0.4) is 0 Å². The van der Waals surface area contributed by atoms with Gasteiger partial charge in [-0.25, -0.2) is 13.6 Å². The molecule has 4 amide bonds. The number of nitrogens with one attached hydrogen (secondary N) is 2. The molecule has 0 radical (unpaired) electrons. The standard InChI is InChI=1S/C22H22F2N4O3/c23-16-6-7-18(17(24)12-16)25-19(29)14-28-20(30)22(26-21(28)31)8-10-27(11-9-22)13-15-4-2-1-3-5-15/h1-7,12H,8-11,13-14H2,(H,25,29)(H,26,31). The SMILES string of the molecule is O=C(CN1C(=O)NC2(CCN(Cc3ccccc3)CC2)C1=O)Nc1ccc(F)cc1F. The fourth-order valence-corrected chi connectivity index (χ4v) is 4.02. The maximum absolute atomic E-state index is 13.7. The van der Waals surface area contributed by atoms with Crippen LogP contribution in [-0.2, 0) is 16.1 Å². The Bertz CT molecular complexity index is 1010. The molecule has 7 nitrogen and oxygen atoms in total. The molecule has 2 aliphatic rings. The van der Waals surface area contributed by atoms with E-state index in [4.69, 9.17) is 0 Å². The van der Waals surface area contributed by atoms with E-state index < -0.39 is 41.6 Å². The van der Waals surface area contributed by atoms with Crippen LogP contribution in [-0.4, -0.2) is 52.8 Å². The molecule has 0 unspecified atom stereocenters. The molecule has 2 saturated heterocycles. The minimum atomic E-state index is -1.02. The first-order valence-electron chi connectivity index (χ1n) is 10.0. The summed E-state index contributed by atoms with van der Waals surface area (Å²) in [6, 6.07) is 12.1. The normalized spacial score (nSPS) is 18.3. The van der Waals surface area contributed by atoms with Crippen LogP contribution < -0.4 is 10.6 Å². The Morgan fingerprint density at radius 1 is 1.06 bits per heavy atom. The quantitative estimate of drug-likeness (QED) is 0.717. The van der Waals surface area contributed by atoms with E-state index in [0.717, 1.165) is 23.6 Å². The zero-order chi connectivity index (χ0) is 22.0. The van der Waals surface area contributed by atoms with E-state index in [9.17, 15) is 23.2 Å². The second-order valence-corrected chi connectivity index (χ2v) is 7.84. The molecule has 1 spiro atoms. The van der Waals surface area contributed by atoms with Crippen molar-refractivity contribution in [3.05, 3.63) is 65.7 Å². The average Bonchev–Trinajstić information content (AvgIpc) is 2.97. The number of nitrogens with zero attached hydrogens (tertiary/aromatic N) is 2. The Morgan fingerprint density at radius 2 is 1.77 bits per heavy atom. The van der Waals surface area contributed by atoms with Crippen molar-refractivity contribution in [3.63, 3.8) is 0 Å². The number of anilines is 1. The molecule has 2 N–H and O–H groups in total. The van der Waals surface area contributed by atoms with Crippen molar-refractivity contribution in [2.24, 2.45) is 0 Å². The number of rotatable bonds is 5. The number of urea groups is 1. The molecular weight excluding hydrogens is 406 g/mol. The number of benzene rings is 2. The van der Waals surface area contributed by atoms with Gasteiger partial charge < -0.3 is 10.6 Å². The summed E-state index contributed by atoms with van der Waals surface area (Å²) in [5.74, 6) is -2.91. The van der Waals surface area contributed by atoms with Crippen LogP contribution in [0.2, 0.25) is 0 Å². The fraction of sp³-hybridized carbons (Fsp3) is 0.318. The van der Waals surface area contributed by atoms with Crippen LogP contribution in [0.4, 0.5) is 19.3 Å². The van der Waals surface area contributed by atoms with E-state index in [1.54, 1.807) is 0 Å². The highest BCUT2D eigenvalue weighted by atomic mass is 19.1. The zero-order valence-electron chi connectivity index (χ0n) is 16.7. The number of carbonyl (C=O) groups excluding carboxylic acids is 3. The van der Waals surface area contributed by atoms with Gasteiger partial charge in [0.2, 0.25) is 5.91 Å². The van der Waals surface area contributed by atoms with Gasteiger partial charge in [-0.05, 0) is 30.5 Å². The van der Waals surface area contributed by atoms with Crippen molar-refractivity contribution in [3.8, 4) is 0 Å². The third-order valence-corrected chi connectivity index (χ3v) is 5.71. The predicted molar refractivity (Wildman–Crippen MR) is 109 cm³/mol. The number of amides is 4. The van der Waals surface area contributed by atoms with Crippen molar-refractivity contribution in [2.75, 3.05) is 25.0 Å². The Morgan fingerprint density at radius 3 is 2.45 bits per heavy atom. The number of hydrogen-bond acceptors (Lipinski definition) is 4. The summed E-state index contributed by atoms with van der Waals surface area (Å²) in [4.78, 5) is 40.7. The number of halogens is 2. The molecule has 0 aromatic heterocycles. The van der Waals surface area contributed by atoms with E-state index in [2.05, 4.69) is 15.5 Å². The summed E-state index contributed by atoms with van der Waals surface area (Å²) in [6.07, 6.45) is 0.879. The monoisotopic (exact) mass is 428 g/mol. The molecular formula is C22H22F2N4O3. The molecule has 2 aliphatic heterocycles. The molecule has 2 aromatic carbocycles. The molecule has 2 aromatic rings. The Kier molecular flexibility index (Phi) is 5.69. The smallest absolute Gasteiger partial charge is 0.323 e.